The van der Waals surface area contributed by atoms with Crippen LogP contribution in [0.2, 0.25) is 0 Å². The van der Waals surface area contributed by atoms with E-state index in [0.717, 1.165) is 83.1 Å². The molecule has 13 heteroatoms. The largest absolute Gasteiger partial charge is 0.374 e. The van der Waals surface area contributed by atoms with Gasteiger partial charge in [-0.3, -0.25) is 19.7 Å². The average Bonchev–Trinajstić information content (AvgIpc) is 4.04. The summed E-state index contributed by atoms with van der Waals surface area (Å²) in [6, 6.07) is 13.2. The number of rotatable bonds is 10. The zero-order chi connectivity index (χ0) is 37.2. The molecule has 3 saturated heterocycles. The number of nitrogens with zero attached hydrogens (tertiary/aromatic N) is 4. The molecule has 1 atom stereocenters. The third-order valence-electron chi connectivity index (χ3n) is 12.1. The molecular weight excluding hydrogens is 690 g/mol. The first-order valence-electron chi connectivity index (χ1n) is 19.8. The number of hydrogen-bond acceptors (Lipinski definition) is 9. The monoisotopic (exact) mass is 740 g/mol. The maximum Gasteiger partial charge on any atom is 0.249 e. The smallest absolute Gasteiger partial charge is 0.249 e. The van der Waals surface area contributed by atoms with Crippen LogP contribution in [0.4, 0.5) is 26.1 Å². The number of imide groups is 1. The average molecular weight is 741 g/mol. The summed E-state index contributed by atoms with van der Waals surface area (Å²) >= 11 is 0. The molecule has 2 saturated carbocycles. The van der Waals surface area contributed by atoms with Gasteiger partial charge in [-0.25, -0.2) is 18.7 Å². The number of aromatic nitrogens is 2. The van der Waals surface area contributed by atoms with E-state index in [1.54, 1.807) is 12.1 Å². The lowest BCUT2D eigenvalue weighted by Gasteiger charge is -2.42. The van der Waals surface area contributed by atoms with Crippen LogP contribution in [0.1, 0.15) is 88.5 Å². The number of carbonyl (C=O) groups is 3. The molecule has 8 rings (SSSR count). The highest BCUT2D eigenvalue weighted by Gasteiger charge is 2.33. The second-order valence-corrected chi connectivity index (χ2v) is 15.8. The fraction of sp³-hybridized carbons (Fsp3) is 0.537. The van der Waals surface area contributed by atoms with Crippen molar-refractivity contribution < 1.29 is 23.2 Å². The van der Waals surface area contributed by atoms with E-state index in [-0.39, 0.29) is 48.0 Å². The van der Waals surface area contributed by atoms with Crippen LogP contribution >= 0.6 is 0 Å². The Morgan fingerprint density at radius 3 is 2.30 bits per heavy atom. The van der Waals surface area contributed by atoms with Gasteiger partial charge >= 0.3 is 0 Å². The summed E-state index contributed by atoms with van der Waals surface area (Å²) in [6.07, 6.45) is 11.2. The van der Waals surface area contributed by atoms with E-state index >= 15 is 4.39 Å². The molecular formula is C41H50F2N8O3. The van der Waals surface area contributed by atoms with Gasteiger partial charge in [0.15, 0.2) is 5.82 Å². The molecule has 4 heterocycles. The second-order valence-electron chi connectivity index (χ2n) is 15.8. The van der Waals surface area contributed by atoms with Crippen molar-refractivity contribution in [3.05, 3.63) is 65.9 Å². The standard InChI is InChI=1S/C41H50F2N8O3/c42-33-23-31(45-35-11-13-37(52)48-40(35)54)10-12-36(33)51-20-16-32(17-21-51)50-18-14-30(15-19-50)46-39(53)26-6-8-29(9-7-26)47-41-44-24-34(43)38(49-41)28-3-1-2-27(22-28)25-4-5-25/h1-3,10,12,22-26,29-30,32,35,45H,4-9,11,13-21H2,(H,46,53)(H,44,47,49)(H,48,52,54)/t26-,29-,35?. The summed E-state index contributed by atoms with van der Waals surface area (Å²) < 4.78 is 30.0. The van der Waals surface area contributed by atoms with Crippen molar-refractivity contribution in [2.24, 2.45) is 5.92 Å². The lowest BCUT2D eigenvalue weighted by Crippen LogP contribution is -2.52. The highest BCUT2D eigenvalue weighted by Crippen LogP contribution is 2.41. The van der Waals surface area contributed by atoms with Crippen LogP contribution in [0.25, 0.3) is 11.3 Å². The van der Waals surface area contributed by atoms with Crippen molar-refractivity contribution in [2.45, 2.75) is 107 Å². The molecule has 5 fully saturated rings. The number of hydrogen-bond donors (Lipinski definition) is 4. The van der Waals surface area contributed by atoms with E-state index in [4.69, 9.17) is 0 Å². The third kappa shape index (κ3) is 8.51. The highest BCUT2D eigenvalue weighted by atomic mass is 19.1. The Balaban J connectivity index is 0.748. The Morgan fingerprint density at radius 2 is 1.57 bits per heavy atom. The molecule has 4 N–H and O–H groups in total. The Morgan fingerprint density at radius 1 is 0.796 bits per heavy atom. The number of halogens is 2. The molecule has 3 amide bonds. The van der Waals surface area contributed by atoms with Gasteiger partial charge < -0.3 is 25.8 Å². The molecule has 3 aromatic rings. The van der Waals surface area contributed by atoms with E-state index in [1.165, 1.54) is 30.7 Å². The minimum Gasteiger partial charge on any atom is -0.374 e. The van der Waals surface area contributed by atoms with E-state index in [0.29, 0.717) is 41.4 Å². The summed E-state index contributed by atoms with van der Waals surface area (Å²) in [6.45, 7) is 3.40. The van der Waals surface area contributed by atoms with E-state index in [9.17, 15) is 18.8 Å². The lowest BCUT2D eigenvalue weighted by atomic mass is 9.85. The molecule has 1 aromatic heterocycles. The Labute approximate surface area is 315 Å². The fourth-order valence-corrected chi connectivity index (χ4v) is 8.76. The van der Waals surface area contributed by atoms with Gasteiger partial charge in [0.25, 0.3) is 0 Å². The Hall–Kier alpha value is -4.65. The van der Waals surface area contributed by atoms with Crippen molar-refractivity contribution in [3.63, 3.8) is 0 Å². The van der Waals surface area contributed by atoms with Crippen LogP contribution < -0.4 is 26.2 Å². The quantitative estimate of drug-likeness (QED) is 0.193. The SMILES string of the molecule is O=C1CCC(Nc2ccc(N3CCC(N4CCC(NC(=O)[C@H]5CC[C@H](Nc6ncc(F)c(-c7cccc(C8CC8)c7)n6)CC5)CC4)CC3)c(F)c2)C(=O)N1. The van der Waals surface area contributed by atoms with Crippen LogP contribution in [0, 0.1) is 17.6 Å². The van der Waals surface area contributed by atoms with E-state index < -0.39 is 11.9 Å². The molecule has 5 aliphatic rings. The summed E-state index contributed by atoms with van der Waals surface area (Å²) in [5.41, 5.74) is 3.42. The molecule has 11 nitrogen and oxygen atoms in total. The van der Waals surface area contributed by atoms with Crippen LogP contribution in [-0.4, -0.2) is 82.9 Å². The molecule has 0 bridgehead atoms. The van der Waals surface area contributed by atoms with Gasteiger partial charge in [-0.2, -0.15) is 0 Å². The van der Waals surface area contributed by atoms with Gasteiger partial charge in [0.1, 0.15) is 17.6 Å². The lowest BCUT2D eigenvalue weighted by molar-refractivity contribution is -0.133. The van der Waals surface area contributed by atoms with Crippen molar-refractivity contribution in [1.82, 2.24) is 25.5 Å². The normalized spacial score (nSPS) is 24.6. The second kappa shape index (κ2) is 16.0. The molecule has 54 heavy (non-hydrogen) atoms. The number of piperidine rings is 3. The number of likely N-dealkylation sites (tertiary alicyclic amines) is 1. The van der Waals surface area contributed by atoms with Gasteiger partial charge in [-0.1, -0.05) is 18.2 Å². The van der Waals surface area contributed by atoms with Crippen LogP contribution in [0.15, 0.2) is 48.7 Å². The molecule has 286 valence electrons. The number of nitrogens with one attached hydrogen (secondary N) is 4. The zero-order valence-electron chi connectivity index (χ0n) is 30.7. The number of benzene rings is 2. The van der Waals surface area contributed by atoms with Crippen LogP contribution in [-0.2, 0) is 14.4 Å². The molecule has 0 radical (unpaired) electrons. The maximum absolute atomic E-state index is 15.2. The minimum absolute atomic E-state index is 0.0112. The predicted octanol–water partition coefficient (Wildman–Crippen LogP) is 5.74. The van der Waals surface area contributed by atoms with E-state index in [1.807, 2.05) is 18.2 Å². The van der Waals surface area contributed by atoms with Gasteiger partial charge in [-0.15, -0.1) is 0 Å². The zero-order valence-corrected chi connectivity index (χ0v) is 30.7. The van der Waals surface area contributed by atoms with Crippen LogP contribution in [0.3, 0.4) is 0 Å². The minimum atomic E-state index is -0.551. The first-order valence-corrected chi connectivity index (χ1v) is 19.8. The summed E-state index contributed by atoms with van der Waals surface area (Å²) in [5, 5.41) is 12.1. The van der Waals surface area contributed by atoms with Crippen molar-refractivity contribution >= 4 is 35.0 Å². The Bertz CT molecular complexity index is 1850. The number of amides is 3. The molecule has 3 aliphatic heterocycles. The molecule has 2 aromatic carbocycles. The summed E-state index contributed by atoms with van der Waals surface area (Å²) in [5.74, 6) is -0.267. The van der Waals surface area contributed by atoms with Gasteiger partial charge in [0, 0.05) is 67.9 Å². The summed E-state index contributed by atoms with van der Waals surface area (Å²) in [4.78, 5) is 50.2. The Kier molecular flexibility index (Phi) is 10.8. The van der Waals surface area contributed by atoms with E-state index in [2.05, 4.69) is 47.1 Å². The first kappa shape index (κ1) is 36.3. The molecule has 1 unspecified atom stereocenters. The maximum atomic E-state index is 15.2. The number of carbonyl (C=O) groups excluding carboxylic acids is 3. The van der Waals surface area contributed by atoms with Crippen LogP contribution in [0.5, 0.6) is 0 Å². The van der Waals surface area contributed by atoms with Gasteiger partial charge in [-0.05, 0) is 106 Å². The molecule has 2 aliphatic carbocycles. The van der Waals surface area contributed by atoms with Crippen molar-refractivity contribution in [2.75, 3.05) is 41.7 Å². The van der Waals surface area contributed by atoms with Gasteiger partial charge in [0.05, 0.1) is 11.9 Å². The third-order valence-corrected chi connectivity index (χ3v) is 12.1. The topological polar surface area (TPSA) is 132 Å². The first-order chi connectivity index (χ1) is 26.3. The van der Waals surface area contributed by atoms with Crippen molar-refractivity contribution in [1.29, 1.82) is 0 Å². The van der Waals surface area contributed by atoms with Crippen molar-refractivity contribution in [3.8, 4) is 11.3 Å². The highest BCUT2D eigenvalue weighted by molar-refractivity contribution is 6.01. The summed E-state index contributed by atoms with van der Waals surface area (Å²) in [7, 11) is 0. The predicted molar refractivity (Wildman–Crippen MR) is 203 cm³/mol. The molecule has 0 spiro atoms. The fourth-order valence-electron chi connectivity index (χ4n) is 8.76. The number of anilines is 3. The van der Waals surface area contributed by atoms with Gasteiger partial charge in [0.2, 0.25) is 23.7 Å².